The maximum absolute atomic E-state index is 12.5. The van der Waals surface area contributed by atoms with Gasteiger partial charge in [0, 0.05) is 20.2 Å². The molecule has 1 aromatic rings. The highest BCUT2D eigenvalue weighted by molar-refractivity contribution is 7.89. The molecule has 19 heavy (non-hydrogen) atoms. The number of hydrogen-bond donors (Lipinski definition) is 1. The molecule has 6 nitrogen and oxygen atoms in total. The standard InChI is InChI=1S/C12H21N3O3S/c1-9-12(10(2)14-13-9)19(16,17)15(3)7-11-5-4-6-18-8-11/h11H,4-8H2,1-3H3,(H,13,14). The molecular weight excluding hydrogens is 266 g/mol. The van der Waals surface area contributed by atoms with E-state index in [2.05, 4.69) is 10.2 Å². The molecular formula is C12H21N3O3S. The minimum absolute atomic E-state index is 0.279. The van der Waals surface area contributed by atoms with Gasteiger partial charge in [0.25, 0.3) is 0 Å². The summed E-state index contributed by atoms with van der Waals surface area (Å²) in [5, 5.41) is 6.68. The Labute approximate surface area is 114 Å². The highest BCUT2D eigenvalue weighted by atomic mass is 32.2. The van der Waals surface area contributed by atoms with E-state index in [1.807, 2.05) is 0 Å². The quantitative estimate of drug-likeness (QED) is 0.899. The number of aromatic amines is 1. The van der Waals surface area contributed by atoms with E-state index in [1.54, 1.807) is 20.9 Å². The van der Waals surface area contributed by atoms with Crippen LogP contribution in [0.25, 0.3) is 0 Å². The van der Waals surface area contributed by atoms with Crippen LogP contribution in [0.1, 0.15) is 24.2 Å². The fourth-order valence-corrected chi connectivity index (χ4v) is 4.06. The zero-order valence-corrected chi connectivity index (χ0v) is 12.5. The number of rotatable bonds is 4. The molecule has 0 spiro atoms. The first-order chi connectivity index (χ1) is 8.93. The molecule has 0 aromatic carbocycles. The van der Waals surface area contributed by atoms with Crippen molar-refractivity contribution in [2.45, 2.75) is 31.6 Å². The number of aromatic nitrogens is 2. The predicted octanol–water partition coefficient (Wildman–Crippen LogP) is 1.07. The van der Waals surface area contributed by atoms with E-state index in [-0.39, 0.29) is 5.92 Å². The second kappa shape index (κ2) is 5.60. The number of hydrogen-bond acceptors (Lipinski definition) is 4. The van der Waals surface area contributed by atoms with Crippen LogP contribution >= 0.6 is 0 Å². The van der Waals surface area contributed by atoms with Crippen molar-refractivity contribution in [1.29, 1.82) is 0 Å². The van der Waals surface area contributed by atoms with Crippen molar-refractivity contribution in [3.05, 3.63) is 11.4 Å². The van der Waals surface area contributed by atoms with Crippen LogP contribution in [-0.2, 0) is 14.8 Å². The van der Waals surface area contributed by atoms with Gasteiger partial charge in [0.2, 0.25) is 10.0 Å². The Morgan fingerprint density at radius 3 is 2.74 bits per heavy atom. The summed E-state index contributed by atoms with van der Waals surface area (Å²) in [5.41, 5.74) is 1.11. The van der Waals surface area contributed by atoms with E-state index in [4.69, 9.17) is 4.74 Å². The number of nitrogens with one attached hydrogen (secondary N) is 1. The Balaban J connectivity index is 2.15. The molecule has 1 aliphatic rings. The molecule has 0 bridgehead atoms. The molecule has 0 amide bonds. The van der Waals surface area contributed by atoms with Crippen molar-refractivity contribution in [1.82, 2.24) is 14.5 Å². The lowest BCUT2D eigenvalue weighted by Crippen LogP contribution is -2.35. The summed E-state index contributed by atoms with van der Waals surface area (Å²) < 4.78 is 31.9. The lowest BCUT2D eigenvalue weighted by atomic mass is 10.0. The molecule has 2 rings (SSSR count). The van der Waals surface area contributed by atoms with Gasteiger partial charge in [-0.05, 0) is 32.6 Å². The molecule has 2 heterocycles. The Bertz CT molecular complexity index is 513. The normalized spacial score (nSPS) is 20.9. The van der Waals surface area contributed by atoms with Gasteiger partial charge in [-0.2, -0.15) is 5.10 Å². The van der Waals surface area contributed by atoms with Crippen molar-refractivity contribution in [3.63, 3.8) is 0 Å². The van der Waals surface area contributed by atoms with Gasteiger partial charge in [-0.3, -0.25) is 5.10 Å². The summed E-state index contributed by atoms with van der Waals surface area (Å²) in [6.07, 6.45) is 2.02. The number of sulfonamides is 1. The van der Waals surface area contributed by atoms with Crippen LogP contribution in [0.3, 0.4) is 0 Å². The number of nitrogens with zero attached hydrogens (tertiary/aromatic N) is 2. The topological polar surface area (TPSA) is 75.3 Å². The summed E-state index contributed by atoms with van der Waals surface area (Å²) in [4.78, 5) is 0.298. The van der Waals surface area contributed by atoms with Crippen LogP contribution in [0.4, 0.5) is 0 Å². The lowest BCUT2D eigenvalue weighted by molar-refractivity contribution is 0.0495. The molecule has 1 saturated heterocycles. The number of H-pyrrole nitrogens is 1. The monoisotopic (exact) mass is 287 g/mol. The van der Waals surface area contributed by atoms with Crippen LogP contribution in [0.5, 0.6) is 0 Å². The predicted molar refractivity (Wildman–Crippen MR) is 71.4 cm³/mol. The van der Waals surface area contributed by atoms with Gasteiger partial charge in [0.05, 0.1) is 18.0 Å². The van der Waals surface area contributed by atoms with Gasteiger partial charge < -0.3 is 4.74 Å². The minimum Gasteiger partial charge on any atom is -0.381 e. The summed E-state index contributed by atoms with van der Waals surface area (Å²) in [6.45, 7) is 5.35. The van der Waals surface area contributed by atoms with E-state index in [1.165, 1.54) is 4.31 Å². The average Bonchev–Trinajstić information content (AvgIpc) is 2.70. The third-order valence-electron chi connectivity index (χ3n) is 3.50. The van der Waals surface area contributed by atoms with Gasteiger partial charge in [0.15, 0.2) is 0 Å². The van der Waals surface area contributed by atoms with Crippen LogP contribution in [0, 0.1) is 19.8 Å². The van der Waals surface area contributed by atoms with Gasteiger partial charge in [-0.1, -0.05) is 0 Å². The van der Waals surface area contributed by atoms with Crippen molar-refractivity contribution >= 4 is 10.0 Å². The SMILES string of the molecule is Cc1n[nH]c(C)c1S(=O)(=O)N(C)CC1CCCOC1. The highest BCUT2D eigenvalue weighted by Gasteiger charge is 2.29. The minimum atomic E-state index is -3.47. The first-order valence-electron chi connectivity index (χ1n) is 6.48. The highest BCUT2D eigenvalue weighted by Crippen LogP contribution is 2.23. The van der Waals surface area contributed by atoms with Crippen molar-refractivity contribution < 1.29 is 13.2 Å². The van der Waals surface area contributed by atoms with E-state index in [0.717, 1.165) is 19.4 Å². The van der Waals surface area contributed by atoms with Crippen molar-refractivity contribution in [3.8, 4) is 0 Å². The zero-order chi connectivity index (χ0) is 14.0. The van der Waals surface area contributed by atoms with Crippen LogP contribution in [0.2, 0.25) is 0 Å². The molecule has 1 unspecified atom stereocenters. The van der Waals surface area contributed by atoms with Crippen molar-refractivity contribution in [2.75, 3.05) is 26.8 Å². The first kappa shape index (κ1) is 14.5. The van der Waals surface area contributed by atoms with E-state index in [9.17, 15) is 8.42 Å². The largest absolute Gasteiger partial charge is 0.381 e. The van der Waals surface area contributed by atoms with Gasteiger partial charge in [0.1, 0.15) is 4.90 Å². The summed E-state index contributed by atoms with van der Waals surface area (Å²) in [5.74, 6) is 0.279. The third kappa shape index (κ3) is 2.98. The average molecular weight is 287 g/mol. The van der Waals surface area contributed by atoms with E-state index < -0.39 is 10.0 Å². The molecule has 1 N–H and O–H groups in total. The summed E-state index contributed by atoms with van der Waals surface area (Å²) in [7, 11) is -1.85. The lowest BCUT2D eigenvalue weighted by Gasteiger charge is -2.26. The van der Waals surface area contributed by atoms with Gasteiger partial charge in [-0.25, -0.2) is 12.7 Å². The molecule has 0 saturated carbocycles. The summed E-state index contributed by atoms with van der Waals surface area (Å²) >= 11 is 0. The zero-order valence-electron chi connectivity index (χ0n) is 11.6. The molecule has 108 valence electrons. The van der Waals surface area contributed by atoms with Gasteiger partial charge >= 0.3 is 0 Å². The fraction of sp³-hybridized carbons (Fsp3) is 0.750. The summed E-state index contributed by atoms with van der Waals surface area (Å²) in [6, 6.07) is 0. The maximum atomic E-state index is 12.5. The van der Waals surface area contributed by atoms with Crippen LogP contribution in [0.15, 0.2) is 4.90 Å². The Morgan fingerprint density at radius 2 is 2.21 bits per heavy atom. The third-order valence-corrected chi connectivity index (χ3v) is 5.59. The molecule has 1 aromatic heterocycles. The molecule has 1 atom stereocenters. The second-order valence-corrected chi connectivity index (χ2v) is 7.11. The Kier molecular flexibility index (Phi) is 4.27. The van der Waals surface area contributed by atoms with Crippen LogP contribution < -0.4 is 0 Å². The van der Waals surface area contributed by atoms with E-state index in [0.29, 0.717) is 29.4 Å². The first-order valence-corrected chi connectivity index (χ1v) is 7.92. The molecule has 7 heteroatoms. The number of aryl methyl sites for hydroxylation is 2. The maximum Gasteiger partial charge on any atom is 0.246 e. The van der Waals surface area contributed by atoms with E-state index >= 15 is 0 Å². The fourth-order valence-electron chi connectivity index (χ4n) is 2.49. The molecule has 0 radical (unpaired) electrons. The molecule has 0 aliphatic carbocycles. The Hall–Kier alpha value is -0.920. The number of ether oxygens (including phenoxy) is 1. The van der Waals surface area contributed by atoms with Crippen LogP contribution in [-0.4, -0.2) is 49.7 Å². The van der Waals surface area contributed by atoms with Gasteiger partial charge in [-0.15, -0.1) is 0 Å². The Morgan fingerprint density at radius 1 is 1.47 bits per heavy atom. The second-order valence-electron chi connectivity index (χ2n) is 5.13. The molecule has 1 fully saturated rings. The van der Waals surface area contributed by atoms with Crippen molar-refractivity contribution in [2.24, 2.45) is 5.92 Å². The smallest absolute Gasteiger partial charge is 0.246 e. The molecule has 1 aliphatic heterocycles.